The fourth-order valence-corrected chi connectivity index (χ4v) is 4.55. The van der Waals surface area contributed by atoms with Gasteiger partial charge >= 0.3 is 0 Å². The van der Waals surface area contributed by atoms with Crippen LogP contribution in [-0.2, 0) is 10.0 Å². The standard InChI is InChI=1S/C13H20ClN3O2S/c1-2-10-6-4-3-5-7-17(10)20(18,19)11-8-12(14)13(15)16-9-11/h8-10H,2-7H2,1H3,(H2,15,16). The summed E-state index contributed by atoms with van der Waals surface area (Å²) >= 11 is 5.89. The summed E-state index contributed by atoms with van der Waals surface area (Å²) in [5.74, 6) is 0.147. The zero-order valence-corrected chi connectivity index (χ0v) is 13.1. The molecule has 1 fully saturated rings. The lowest BCUT2D eigenvalue weighted by atomic mass is 10.1. The van der Waals surface area contributed by atoms with E-state index in [4.69, 9.17) is 17.3 Å². The van der Waals surface area contributed by atoms with Crippen molar-refractivity contribution in [2.24, 2.45) is 0 Å². The number of pyridine rings is 1. The van der Waals surface area contributed by atoms with Crippen LogP contribution in [-0.4, -0.2) is 30.3 Å². The van der Waals surface area contributed by atoms with Crippen molar-refractivity contribution in [3.8, 4) is 0 Å². The maximum absolute atomic E-state index is 12.8. The largest absolute Gasteiger partial charge is 0.382 e. The van der Waals surface area contributed by atoms with Crippen LogP contribution in [0.3, 0.4) is 0 Å². The molecule has 0 spiro atoms. The summed E-state index contributed by atoms with van der Waals surface area (Å²) in [4.78, 5) is 3.98. The van der Waals surface area contributed by atoms with Crippen molar-refractivity contribution in [2.45, 2.75) is 50.0 Å². The Kier molecular flexibility index (Phi) is 4.88. The summed E-state index contributed by atoms with van der Waals surface area (Å²) in [6.07, 6.45) is 6.05. The minimum absolute atomic E-state index is 0.0545. The molecule has 0 aliphatic carbocycles. The van der Waals surface area contributed by atoms with Gasteiger partial charge in [-0.3, -0.25) is 0 Å². The van der Waals surface area contributed by atoms with Crippen LogP contribution in [0.4, 0.5) is 5.82 Å². The van der Waals surface area contributed by atoms with Crippen molar-refractivity contribution in [1.29, 1.82) is 0 Å². The molecule has 1 aromatic rings. The third-order valence-electron chi connectivity index (χ3n) is 3.75. The highest BCUT2D eigenvalue weighted by Crippen LogP contribution is 2.28. The van der Waals surface area contributed by atoms with Crippen LogP contribution < -0.4 is 5.73 Å². The van der Waals surface area contributed by atoms with Gasteiger partial charge < -0.3 is 5.73 Å². The highest BCUT2D eigenvalue weighted by atomic mass is 35.5. The zero-order valence-electron chi connectivity index (χ0n) is 11.5. The molecule has 112 valence electrons. The number of nitrogens with zero attached hydrogens (tertiary/aromatic N) is 2. The van der Waals surface area contributed by atoms with Crippen molar-refractivity contribution < 1.29 is 8.42 Å². The van der Waals surface area contributed by atoms with E-state index in [9.17, 15) is 8.42 Å². The van der Waals surface area contributed by atoms with Crippen LogP contribution in [0.5, 0.6) is 0 Å². The van der Waals surface area contributed by atoms with E-state index in [1.165, 1.54) is 12.3 Å². The lowest BCUT2D eigenvalue weighted by Gasteiger charge is -2.28. The third kappa shape index (κ3) is 3.07. The van der Waals surface area contributed by atoms with Crippen LogP contribution in [0.1, 0.15) is 39.0 Å². The summed E-state index contributed by atoms with van der Waals surface area (Å²) in [5, 5.41) is 0.175. The molecule has 1 aliphatic heterocycles. The van der Waals surface area contributed by atoms with E-state index in [0.29, 0.717) is 6.54 Å². The van der Waals surface area contributed by atoms with Gasteiger partial charge in [0.05, 0.1) is 5.02 Å². The Bertz CT molecular complexity index is 577. The first-order valence-corrected chi connectivity index (χ1v) is 8.71. The molecule has 1 unspecified atom stereocenters. The van der Waals surface area contributed by atoms with Crippen LogP contribution in [0, 0.1) is 0 Å². The second kappa shape index (κ2) is 6.28. The molecule has 0 radical (unpaired) electrons. The van der Waals surface area contributed by atoms with Gasteiger partial charge in [-0.25, -0.2) is 13.4 Å². The molecular weight excluding hydrogens is 298 g/mol. The van der Waals surface area contributed by atoms with E-state index in [0.717, 1.165) is 32.1 Å². The average molecular weight is 318 g/mol. The van der Waals surface area contributed by atoms with Crippen LogP contribution in [0.2, 0.25) is 5.02 Å². The third-order valence-corrected chi connectivity index (χ3v) is 5.97. The molecule has 0 saturated carbocycles. The lowest BCUT2D eigenvalue weighted by Crippen LogP contribution is -2.39. The Morgan fingerprint density at radius 3 is 2.85 bits per heavy atom. The number of halogens is 1. The molecule has 1 aromatic heterocycles. The number of hydrogen-bond acceptors (Lipinski definition) is 4. The zero-order chi connectivity index (χ0) is 14.8. The molecule has 1 atom stereocenters. The van der Waals surface area contributed by atoms with Gasteiger partial charge in [-0.2, -0.15) is 4.31 Å². The first-order chi connectivity index (χ1) is 9.46. The maximum atomic E-state index is 12.8. The molecule has 0 bridgehead atoms. The fourth-order valence-electron chi connectivity index (χ4n) is 2.58. The predicted molar refractivity (Wildman–Crippen MR) is 80.1 cm³/mol. The molecule has 1 saturated heterocycles. The molecule has 0 amide bonds. The molecule has 2 heterocycles. The first-order valence-electron chi connectivity index (χ1n) is 6.89. The van der Waals surface area contributed by atoms with Crippen molar-refractivity contribution in [3.63, 3.8) is 0 Å². The van der Waals surface area contributed by atoms with Gasteiger partial charge in [0.15, 0.2) is 0 Å². The molecule has 2 rings (SSSR count). The van der Waals surface area contributed by atoms with E-state index in [1.54, 1.807) is 4.31 Å². The van der Waals surface area contributed by atoms with Gasteiger partial charge in [-0.1, -0.05) is 31.4 Å². The van der Waals surface area contributed by atoms with E-state index >= 15 is 0 Å². The Labute approximate surface area is 125 Å². The summed E-state index contributed by atoms with van der Waals surface area (Å²) in [7, 11) is -3.56. The van der Waals surface area contributed by atoms with Gasteiger partial charge in [0.1, 0.15) is 10.7 Å². The van der Waals surface area contributed by atoms with E-state index < -0.39 is 10.0 Å². The molecule has 5 nitrogen and oxygen atoms in total. The Morgan fingerprint density at radius 2 is 2.20 bits per heavy atom. The molecule has 20 heavy (non-hydrogen) atoms. The van der Waals surface area contributed by atoms with Gasteiger partial charge in [0.2, 0.25) is 10.0 Å². The van der Waals surface area contributed by atoms with Crippen molar-refractivity contribution in [1.82, 2.24) is 9.29 Å². The van der Waals surface area contributed by atoms with Gasteiger partial charge in [-0.15, -0.1) is 0 Å². The molecule has 7 heteroatoms. The fraction of sp³-hybridized carbons (Fsp3) is 0.615. The maximum Gasteiger partial charge on any atom is 0.244 e. The molecule has 2 N–H and O–H groups in total. The minimum atomic E-state index is -3.56. The Balaban J connectivity index is 2.38. The Hall–Kier alpha value is -0.850. The van der Waals surface area contributed by atoms with Crippen molar-refractivity contribution in [3.05, 3.63) is 17.3 Å². The average Bonchev–Trinajstić information content (AvgIpc) is 2.67. The second-order valence-corrected chi connectivity index (χ2v) is 7.36. The monoisotopic (exact) mass is 317 g/mol. The van der Waals surface area contributed by atoms with E-state index in [1.807, 2.05) is 6.92 Å². The molecular formula is C13H20ClN3O2S. The predicted octanol–water partition coefficient (Wildman–Crippen LogP) is 2.66. The van der Waals surface area contributed by atoms with Crippen LogP contribution in [0.15, 0.2) is 17.2 Å². The number of aromatic nitrogens is 1. The second-order valence-electron chi connectivity index (χ2n) is 5.07. The Morgan fingerprint density at radius 1 is 1.45 bits per heavy atom. The summed E-state index contributed by atoms with van der Waals surface area (Å²) in [6.45, 7) is 2.58. The van der Waals surface area contributed by atoms with Gasteiger partial charge in [-0.05, 0) is 25.3 Å². The van der Waals surface area contributed by atoms with Crippen molar-refractivity contribution in [2.75, 3.05) is 12.3 Å². The topological polar surface area (TPSA) is 76.3 Å². The van der Waals surface area contributed by atoms with Gasteiger partial charge in [0, 0.05) is 18.8 Å². The summed E-state index contributed by atoms with van der Waals surface area (Å²) in [6, 6.07) is 1.44. The number of sulfonamides is 1. The van der Waals surface area contributed by atoms with Crippen molar-refractivity contribution >= 4 is 27.4 Å². The molecule has 1 aliphatic rings. The smallest absolute Gasteiger partial charge is 0.244 e. The SMILES string of the molecule is CCC1CCCCCN1S(=O)(=O)c1cnc(N)c(Cl)c1. The van der Waals surface area contributed by atoms with Gasteiger partial charge in [0.25, 0.3) is 0 Å². The quantitative estimate of drug-likeness (QED) is 0.929. The minimum Gasteiger partial charge on any atom is -0.382 e. The number of nitrogen functional groups attached to an aromatic ring is 1. The highest BCUT2D eigenvalue weighted by Gasteiger charge is 2.31. The van der Waals surface area contributed by atoms with E-state index in [-0.39, 0.29) is 21.8 Å². The first kappa shape index (κ1) is 15.5. The normalized spacial score (nSPS) is 21.6. The number of anilines is 1. The van der Waals surface area contributed by atoms with E-state index in [2.05, 4.69) is 4.98 Å². The summed E-state index contributed by atoms with van der Waals surface area (Å²) < 4.78 is 27.1. The lowest BCUT2D eigenvalue weighted by molar-refractivity contribution is 0.315. The number of hydrogen-bond donors (Lipinski definition) is 1. The summed E-state index contributed by atoms with van der Waals surface area (Å²) in [5.41, 5.74) is 5.54. The van der Waals surface area contributed by atoms with Crippen LogP contribution in [0.25, 0.3) is 0 Å². The number of rotatable bonds is 3. The highest BCUT2D eigenvalue weighted by molar-refractivity contribution is 7.89. The number of nitrogens with two attached hydrogens (primary N) is 1. The molecule has 0 aromatic carbocycles. The van der Waals surface area contributed by atoms with Crippen LogP contribution >= 0.6 is 11.6 Å².